The van der Waals surface area contributed by atoms with E-state index in [-0.39, 0.29) is 11.9 Å². The standard InChI is InChI=1S/C20H20ClN5O2S/c1-26(2)20(28)22-16(12-13-6-4-3-5-7-13)17(27)23-19-25-24-18(29-19)14-8-10-15(21)11-9-14/h3-11,16H,12H2,1-2H3,(H,22,28)(H,23,25,27)/t16-/m1/s1. The summed E-state index contributed by atoms with van der Waals surface area (Å²) >= 11 is 7.16. The topological polar surface area (TPSA) is 87.2 Å². The van der Waals surface area contributed by atoms with Crippen molar-refractivity contribution in [2.24, 2.45) is 0 Å². The van der Waals surface area contributed by atoms with Gasteiger partial charge in [0.2, 0.25) is 11.0 Å². The van der Waals surface area contributed by atoms with Crippen molar-refractivity contribution in [3.63, 3.8) is 0 Å². The predicted molar refractivity (Wildman–Crippen MR) is 115 cm³/mol. The van der Waals surface area contributed by atoms with Gasteiger partial charge in [0, 0.05) is 31.1 Å². The maximum Gasteiger partial charge on any atom is 0.317 e. The molecule has 0 aliphatic carbocycles. The van der Waals surface area contributed by atoms with Crippen LogP contribution in [0, 0.1) is 0 Å². The van der Waals surface area contributed by atoms with Crippen LogP contribution in [0.4, 0.5) is 9.93 Å². The predicted octanol–water partition coefficient (Wildman–Crippen LogP) is 3.68. The van der Waals surface area contributed by atoms with E-state index in [0.29, 0.717) is 21.6 Å². The quantitative estimate of drug-likeness (QED) is 0.625. The van der Waals surface area contributed by atoms with Crippen LogP contribution in [-0.4, -0.2) is 47.2 Å². The average molecular weight is 430 g/mol. The van der Waals surface area contributed by atoms with Gasteiger partial charge in [0.1, 0.15) is 11.0 Å². The highest BCUT2D eigenvalue weighted by molar-refractivity contribution is 7.18. The second-order valence-electron chi connectivity index (χ2n) is 6.49. The van der Waals surface area contributed by atoms with Crippen molar-refractivity contribution >= 4 is 40.0 Å². The fraction of sp³-hybridized carbons (Fsp3) is 0.200. The Balaban J connectivity index is 1.73. The summed E-state index contributed by atoms with van der Waals surface area (Å²) in [5.41, 5.74) is 1.79. The number of anilines is 1. The number of carbonyl (C=O) groups is 2. The number of hydrogen-bond acceptors (Lipinski definition) is 5. The highest BCUT2D eigenvalue weighted by Gasteiger charge is 2.23. The van der Waals surface area contributed by atoms with E-state index >= 15 is 0 Å². The van der Waals surface area contributed by atoms with Crippen LogP contribution in [0.3, 0.4) is 0 Å². The third-order valence-corrected chi connectivity index (χ3v) is 5.19. The Morgan fingerprint density at radius 1 is 1.07 bits per heavy atom. The van der Waals surface area contributed by atoms with Crippen molar-refractivity contribution in [3.8, 4) is 10.6 Å². The molecule has 1 aromatic heterocycles. The van der Waals surface area contributed by atoms with E-state index < -0.39 is 6.04 Å². The molecule has 2 N–H and O–H groups in total. The summed E-state index contributed by atoms with van der Waals surface area (Å²) in [6.45, 7) is 0. The largest absolute Gasteiger partial charge is 0.331 e. The molecule has 0 spiro atoms. The van der Waals surface area contributed by atoms with Crippen LogP contribution in [0.1, 0.15) is 5.56 Å². The van der Waals surface area contributed by atoms with Gasteiger partial charge in [-0.3, -0.25) is 10.1 Å². The molecule has 9 heteroatoms. The minimum Gasteiger partial charge on any atom is -0.331 e. The zero-order valence-electron chi connectivity index (χ0n) is 15.9. The second-order valence-corrected chi connectivity index (χ2v) is 7.91. The molecule has 3 aromatic rings. The number of amides is 3. The third-order valence-electron chi connectivity index (χ3n) is 4.05. The van der Waals surface area contributed by atoms with Crippen LogP contribution in [0.2, 0.25) is 5.02 Å². The van der Waals surface area contributed by atoms with Crippen LogP contribution < -0.4 is 10.6 Å². The Morgan fingerprint density at radius 2 is 1.76 bits per heavy atom. The van der Waals surface area contributed by atoms with Crippen molar-refractivity contribution in [2.75, 3.05) is 19.4 Å². The molecule has 150 valence electrons. The molecule has 1 atom stereocenters. The van der Waals surface area contributed by atoms with Gasteiger partial charge in [-0.05, 0) is 17.7 Å². The van der Waals surface area contributed by atoms with Crippen LogP contribution in [0.5, 0.6) is 0 Å². The molecule has 0 fully saturated rings. The molecule has 0 unspecified atom stereocenters. The molecule has 3 rings (SSSR count). The van der Waals surface area contributed by atoms with E-state index in [9.17, 15) is 9.59 Å². The Morgan fingerprint density at radius 3 is 2.41 bits per heavy atom. The third kappa shape index (κ3) is 5.75. The van der Waals surface area contributed by atoms with E-state index in [1.807, 2.05) is 42.5 Å². The minimum absolute atomic E-state index is 0.347. The Bertz CT molecular complexity index is 976. The number of nitrogens with one attached hydrogen (secondary N) is 2. The summed E-state index contributed by atoms with van der Waals surface area (Å²) in [6, 6.07) is 15.6. The van der Waals surface area contributed by atoms with E-state index in [0.717, 1.165) is 11.1 Å². The molecule has 0 saturated heterocycles. The van der Waals surface area contributed by atoms with Crippen LogP contribution in [0.15, 0.2) is 54.6 Å². The first-order valence-corrected chi connectivity index (χ1v) is 10.0. The molecule has 0 aliphatic heterocycles. The van der Waals surface area contributed by atoms with Gasteiger partial charge in [-0.1, -0.05) is 65.4 Å². The number of benzene rings is 2. The van der Waals surface area contributed by atoms with Gasteiger partial charge in [0.15, 0.2) is 0 Å². The Hall–Kier alpha value is -2.97. The minimum atomic E-state index is -0.754. The van der Waals surface area contributed by atoms with Crippen molar-refractivity contribution in [2.45, 2.75) is 12.5 Å². The fourth-order valence-corrected chi connectivity index (χ4v) is 3.39. The lowest BCUT2D eigenvalue weighted by atomic mass is 10.1. The molecule has 7 nitrogen and oxygen atoms in total. The highest BCUT2D eigenvalue weighted by atomic mass is 35.5. The van der Waals surface area contributed by atoms with Crippen molar-refractivity contribution in [1.29, 1.82) is 0 Å². The van der Waals surface area contributed by atoms with Crippen LogP contribution in [0.25, 0.3) is 10.6 Å². The summed E-state index contributed by atoms with van der Waals surface area (Å²) in [5.74, 6) is -0.358. The molecule has 3 amide bonds. The van der Waals surface area contributed by atoms with Crippen molar-refractivity contribution in [3.05, 3.63) is 65.2 Å². The van der Waals surface area contributed by atoms with Crippen LogP contribution in [-0.2, 0) is 11.2 Å². The molecule has 0 aliphatic rings. The lowest BCUT2D eigenvalue weighted by molar-refractivity contribution is -0.117. The zero-order valence-corrected chi connectivity index (χ0v) is 17.5. The maximum absolute atomic E-state index is 12.8. The number of nitrogens with zero attached hydrogens (tertiary/aromatic N) is 3. The van der Waals surface area contributed by atoms with Gasteiger partial charge in [-0.25, -0.2) is 4.79 Å². The van der Waals surface area contributed by atoms with Gasteiger partial charge >= 0.3 is 6.03 Å². The highest BCUT2D eigenvalue weighted by Crippen LogP contribution is 2.27. The molecular formula is C20H20ClN5O2S. The van der Waals surface area contributed by atoms with Crippen molar-refractivity contribution in [1.82, 2.24) is 20.4 Å². The molecule has 1 heterocycles. The van der Waals surface area contributed by atoms with Gasteiger partial charge in [-0.15, -0.1) is 10.2 Å². The lowest BCUT2D eigenvalue weighted by Gasteiger charge is -2.20. The SMILES string of the molecule is CN(C)C(=O)N[C@H](Cc1ccccc1)C(=O)Nc1nnc(-c2ccc(Cl)cc2)s1. The number of aromatic nitrogens is 2. The molecule has 0 bridgehead atoms. The summed E-state index contributed by atoms with van der Waals surface area (Å²) in [4.78, 5) is 26.3. The van der Waals surface area contributed by atoms with Crippen molar-refractivity contribution < 1.29 is 9.59 Å². The van der Waals surface area contributed by atoms with Gasteiger partial charge in [0.25, 0.3) is 0 Å². The number of halogens is 1. The second kappa shape index (κ2) is 9.49. The summed E-state index contributed by atoms with van der Waals surface area (Å²) in [7, 11) is 3.24. The molecule has 29 heavy (non-hydrogen) atoms. The van der Waals surface area contributed by atoms with E-state index in [1.165, 1.54) is 16.2 Å². The van der Waals surface area contributed by atoms with E-state index in [2.05, 4.69) is 20.8 Å². The van der Waals surface area contributed by atoms with E-state index in [1.54, 1.807) is 26.2 Å². The molecule has 2 aromatic carbocycles. The fourth-order valence-electron chi connectivity index (χ4n) is 2.51. The Labute approximate surface area is 177 Å². The first-order chi connectivity index (χ1) is 13.9. The summed E-state index contributed by atoms with van der Waals surface area (Å²) < 4.78 is 0. The summed E-state index contributed by atoms with van der Waals surface area (Å²) in [5, 5.41) is 15.3. The Kier molecular flexibility index (Phi) is 6.79. The van der Waals surface area contributed by atoms with Gasteiger partial charge in [0.05, 0.1) is 0 Å². The number of carbonyl (C=O) groups excluding carboxylic acids is 2. The van der Waals surface area contributed by atoms with Crippen LogP contribution >= 0.6 is 22.9 Å². The maximum atomic E-state index is 12.8. The smallest absolute Gasteiger partial charge is 0.317 e. The lowest BCUT2D eigenvalue weighted by Crippen LogP contribution is -2.48. The molecular weight excluding hydrogens is 410 g/mol. The van der Waals surface area contributed by atoms with Gasteiger partial charge < -0.3 is 10.2 Å². The summed E-state index contributed by atoms with van der Waals surface area (Å²) in [6.07, 6.45) is 0.356. The number of rotatable bonds is 6. The average Bonchev–Trinajstić information content (AvgIpc) is 3.17. The van der Waals surface area contributed by atoms with Gasteiger partial charge in [-0.2, -0.15) is 0 Å². The molecule has 0 radical (unpaired) electrons. The number of hydrogen-bond donors (Lipinski definition) is 2. The number of urea groups is 1. The monoisotopic (exact) mass is 429 g/mol. The first-order valence-electron chi connectivity index (χ1n) is 8.84. The van der Waals surface area contributed by atoms with E-state index in [4.69, 9.17) is 11.6 Å². The zero-order chi connectivity index (χ0) is 20.8. The normalized spacial score (nSPS) is 11.6. The molecule has 0 saturated carbocycles. The first kappa shape index (κ1) is 20.8.